The summed E-state index contributed by atoms with van der Waals surface area (Å²) in [7, 11) is 0. The molecule has 26 heavy (non-hydrogen) atoms. The van der Waals surface area contributed by atoms with Gasteiger partial charge >= 0.3 is 0 Å². The zero-order valence-corrected chi connectivity index (χ0v) is 17.4. The Bertz CT molecular complexity index is 627. The second kappa shape index (κ2) is 9.37. The maximum Gasteiger partial charge on any atom is 0.0188 e. The molecule has 3 aliphatic heterocycles. The molecule has 0 unspecified atom stereocenters. The number of hydrogen-bond donors (Lipinski definition) is 0. The van der Waals surface area contributed by atoms with Crippen molar-refractivity contribution < 1.29 is 0 Å². The highest BCUT2D eigenvalue weighted by Gasteiger charge is 2.08. The Kier molecular flexibility index (Phi) is 6.67. The van der Waals surface area contributed by atoms with E-state index in [4.69, 9.17) is 0 Å². The number of benzene rings is 2. The van der Waals surface area contributed by atoms with E-state index in [0.29, 0.717) is 0 Å². The van der Waals surface area contributed by atoms with Crippen molar-refractivity contribution in [3.8, 4) is 0 Å². The third-order valence-corrected chi connectivity index (χ3v) is 7.63. The predicted molar refractivity (Wildman–Crippen MR) is 118 cm³/mol. The number of hydrogen-bond acceptors (Lipinski definition) is 2. The normalized spacial score (nSPS) is 18.9. The van der Waals surface area contributed by atoms with Gasteiger partial charge in [-0.25, -0.2) is 0 Å². The Morgan fingerprint density at radius 2 is 0.692 bits per heavy atom. The molecule has 138 valence electrons. The molecular formula is C24H30S2. The van der Waals surface area contributed by atoms with Crippen molar-refractivity contribution in [1.82, 2.24) is 0 Å². The van der Waals surface area contributed by atoms with Gasteiger partial charge in [-0.05, 0) is 59.1 Å². The first-order valence-electron chi connectivity index (χ1n) is 10.2. The van der Waals surface area contributed by atoms with E-state index < -0.39 is 0 Å². The predicted octanol–water partition coefficient (Wildman–Crippen LogP) is 7.31. The molecule has 2 aromatic carbocycles. The number of thioether (sulfide) groups is 2. The van der Waals surface area contributed by atoms with Crippen LogP contribution in [-0.4, -0.2) is 0 Å². The lowest BCUT2D eigenvalue weighted by Gasteiger charge is -2.14. The molecule has 0 saturated carbocycles. The first-order valence-corrected chi connectivity index (χ1v) is 12.5. The molecule has 0 saturated heterocycles. The molecule has 2 aromatic rings. The van der Waals surface area contributed by atoms with Crippen molar-refractivity contribution in [3.63, 3.8) is 0 Å². The van der Waals surface area contributed by atoms with E-state index in [9.17, 15) is 0 Å². The van der Waals surface area contributed by atoms with Gasteiger partial charge in [0.25, 0.3) is 0 Å². The molecular weight excluding hydrogens is 352 g/mol. The van der Waals surface area contributed by atoms with Crippen LogP contribution in [0, 0.1) is 0 Å². The molecule has 0 radical (unpaired) electrons. The van der Waals surface area contributed by atoms with Gasteiger partial charge in [-0.1, -0.05) is 62.1 Å². The summed E-state index contributed by atoms with van der Waals surface area (Å²) in [5.41, 5.74) is 9.27. The lowest BCUT2D eigenvalue weighted by atomic mass is 10.00. The van der Waals surface area contributed by atoms with Crippen LogP contribution in [-0.2, 0) is 35.9 Å². The fourth-order valence-corrected chi connectivity index (χ4v) is 6.05. The van der Waals surface area contributed by atoms with E-state index in [0.717, 1.165) is 23.0 Å². The van der Waals surface area contributed by atoms with Crippen molar-refractivity contribution in [3.05, 3.63) is 69.8 Å². The summed E-state index contributed by atoms with van der Waals surface area (Å²) in [5.74, 6) is 4.58. The molecule has 5 rings (SSSR count). The molecule has 0 nitrogen and oxygen atoms in total. The minimum atomic E-state index is 1.14. The summed E-state index contributed by atoms with van der Waals surface area (Å²) in [6.07, 6.45) is 10.8. The Hall–Kier alpha value is -0.860. The van der Waals surface area contributed by atoms with E-state index >= 15 is 0 Å². The standard InChI is InChI=1S/C24H30S2/c1-2-4-6-8-20-11-23-14-24(12-20)18-26-16-22-10-19(7-5-3-1)9-21(13-22)15-25-17-23/h9-14H,1-8,15-18H2. The van der Waals surface area contributed by atoms with Crippen LogP contribution >= 0.6 is 23.5 Å². The van der Waals surface area contributed by atoms with Crippen LogP contribution in [0.25, 0.3) is 0 Å². The van der Waals surface area contributed by atoms with Gasteiger partial charge in [0.2, 0.25) is 0 Å². The second-order valence-corrected chi connectivity index (χ2v) is 9.89. The van der Waals surface area contributed by atoms with Gasteiger partial charge in [-0.3, -0.25) is 0 Å². The highest BCUT2D eigenvalue weighted by Crippen LogP contribution is 2.28. The molecule has 0 aliphatic carbocycles. The average Bonchev–Trinajstić information content (AvgIpc) is 2.63. The lowest BCUT2D eigenvalue weighted by Crippen LogP contribution is -1.96. The summed E-state index contributed by atoms with van der Waals surface area (Å²) >= 11 is 4.16. The lowest BCUT2D eigenvalue weighted by molar-refractivity contribution is 0.593. The second-order valence-electron chi connectivity index (χ2n) is 7.92. The Balaban J connectivity index is 1.64. The highest BCUT2D eigenvalue weighted by molar-refractivity contribution is 7.98. The van der Waals surface area contributed by atoms with Crippen LogP contribution in [0.1, 0.15) is 71.9 Å². The topological polar surface area (TPSA) is 0 Å². The number of aryl methyl sites for hydroxylation is 2. The Morgan fingerprint density at radius 3 is 1.08 bits per heavy atom. The first-order chi connectivity index (χ1) is 12.8. The summed E-state index contributed by atoms with van der Waals surface area (Å²) in [5, 5.41) is 0. The minimum absolute atomic E-state index is 1.14. The van der Waals surface area contributed by atoms with Gasteiger partial charge in [-0.15, -0.1) is 0 Å². The number of rotatable bonds is 0. The van der Waals surface area contributed by atoms with Crippen molar-refractivity contribution in [1.29, 1.82) is 0 Å². The third-order valence-electron chi connectivity index (χ3n) is 5.48. The Morgan fingerprint density at radius 1 is 0.385 bits per heavy atom. The quantitative estimate of drug-likeness (QED) is 0.468. The van der Waals surface area contributed by atoms with Crippen LogP contribution in [0.3, 0.4) is 0 Å². The van der Waals surface area contributed by atoms with Crippen molar-refractivity contribution in [2.45, 2.75) is 74.4 Å². The average molecular weight is 383 g/mol. The summed E-state index contributed by atoms with van der Waals surface area (Å²) in [6.45, 7) is 0. The van der Waals surface area contributed by atoms with Gasteiger partial charge in [0.1, 0.15) is 0 Å². The number of fused-ring (bicyclic) bond motifs is 11. The minimum Gasteiger partial charge on any atom is -0.152 e. The molecule has 0 spiro atoms. The molecule has 0 amide bonds. The van der Waals surface area contributed by atoms with Crippen LogP contribution < -0.4 is 0 Å². The molecule has 0 fully saturated rings. The summed E-state index contributed by atoms with van der Waals surface area (Å²) in [4.78, 5) is 0. The van der Waals surface area contributed by atoms with Gasteiger partial charge < -0.3 is 0 Å². The first kappa shape index (κ1) is 18.5. The van der Waals surface area contributed by atoms with Crippen LogP contribution in [0.15, 0.2) is 36.4 Å². The van der Waals surface area contributed by atoms with E-state index in [2.05, 4.69) is 59.9 Å². The third kappa shape index (κ3) is 5.33. The maximum absolute atomic E-state index is 2.48. The van der Waals surface area contributed by atoms with Crippen molar-refractivity contribution >= 4 is 23.5 Å². The summed E-state index contributed by atoms with van der Waals surface area (Å²) in [6, 6.07) is 14.8. The van der Waals surface area contributed by atoms with Crippen LogP contribution in [0.5, 0.6) is 0 Å². The zero-order chi connectivity index (χ0) is 17.6. The maximum atomic E-state index is 2.48. The van der Waals surface area contributed by atoms with Crippen LogP contribution in [0.2, 0.25) is 0 Å². The van der Waals surface area contributed by atoms with Gasteiger partial charge in [0.05, 0.1) is 0 Å². The monoisotopic (exact) mass is 382 g/mol. The van der Waals surface area contributed by atoms with Gasteiger partial charge in [0.15, 0.2) is 0 Å². The van der Waals surface area contributed by atoms with Crippen LogP contribution in [0.4, 0.5) is 0 Å². The fraction of sp³-hybridized carbons (Fsp3) is 0.500. The van der Waals surface area contributed by atoms with E-state index in [1.807, 2.05) is 0 Å². The molecule has 0 aromatic heterocycles. The van der Waals surface area contributed by atoms with Gasteiger partial charge in [0, 0.05) is 23.0 Å². The molecule has 3 aliphatic rings. The van der Waals surface area contributed by atoms with E-state index in [-0.39, 0.29) is 0 Å². The van der Waals surface area contributed by atoms with Crippen molar-refractivity contribution in [2.24, 2.45) is 0 Å². The molecule has 6 bridgehead atoms. The molecule has 0 N–H and O–H groups in total. The Labute approximate surface area is 167 Å². The largest absolute Gasteiger partial charge is 0.152 e. The molecule has 2 heteroatoms. The van der Waals surface area contributed by atoms with E-state index in [1.165, 1.54) is 73.6 Å². The zero-order valence-electron chi connectivity index (χ0n) is 15.8. The highest BCUT2D eigenvalue weighted by atomic mass is 32.2. The summed E-state index contributed by atoms with van der Waals surface area (Å²) < 4.78 is 0. The SMILES string of the molecule is c1c2cc3cc1CSCc1cc(cc(c1)CSC3)CCCCCCCC2. The molecule has 0 atom stereocenters. The van der Waals surface area contributed by atoms with Crippen molar-refractivity contribution in [2.75, 3.05) is 0 Å². The fourth-order valence-electron chi connectivity index (χ4n) is 4.24. The van der Waals surface area contributed by atoms with Gasteiger partial charge in [-0.2, -0.15) is 23.5 Å². The molecule has 3 heterocycles. The smallest absolute Gasteiger partial charge is 0.0188 e. The van der Waals surface area contributed by atoms with E-state index in [1.54, 1.807) is 11.1 Å².